The maximum atomic E-state index is 14.0. The Labute approximate surface area is 245 Å². The van der Waals surface area contributed by atoms with Crippen LogP contribution in [-0.4, -0.2) is 65.1 Å². The van der Waals surface area contributed by atoms with E-state index in [1.807, 2.05) is 13.8 Å². The number of carbonyl (C=O) groups is 4. The molecule has 2 aromatic rings. The number of halogens is 4. The molecule has 0 bridgehead atoms. The number of nitrogens with one attached hydrogen (secondary N) is 2. The van der Waals surface area contributed by atoms with Crippen LogP contribution in [0.15, 0.2) is 42.5 Å². The van der Waals surface area contributed by atoms with Crippen LogP contribution in [0, 0.1) is 23.1 Å². The van der Waals surface area contributed by atoms with Crippen LogP contribution in [-0.2, 0) is 26.0 Å². The number of nitrogens with zero attached hydrogens (tertiary/aromatic N) is 3. The lowest BCUT2D eigenvalue weighted by Crippen LogP contribution is -2.55. The zero-order valence-corrected chi connectivity index (χ0v) is 24.0. The SMILES string of the molecule is CC(C)C[C@@H](C(=O)N1C[C@]2(C[C@H]1C#N)C(=O)Nc1ccccc12)N(C)C(=O)[C@H](C)NC(=O)c1ccc(F)cc1C(F)(F)F. The molecule has 2 aliphatic heterocycles. The highest BCUT2D eigenvalue weighted by atomic mass is 19.4. The molecule has 2 N–H and O–H groups in total. The maximum Gasteiger partial charge on any atom is 0.417 e. The highest BCUT2D eigenvalue weighted by Crippen LogP contribution is 2.46. The number of alkyl halides is 3. The van der Waals surface area contributed by atoms with E-state index in [0.29, 0.717) is 23.4 Å². The summed E-state index contributed by atoms with van der Waals surface area (Å²) in [6.45, 7) is 4.82. The van der Waals surface area contributed by atoms with Gasteiger partial charge >= 0.3 is 6.18 Å². The van der Waals surface area contributed by atoms with E-state index in [9.17, 15) is 42.0 Å². The summed E-state index contributed by atoms with van der Waals surface area (Å²) in [7, 11) is 1.33. The number of hydrogen-bond acceptors (Lipinski definition) is 5. The number of amides is 4. The molecule has 1 fully saturated rings. The molecule has 2 heterocycles. The Bertz CT molecular complexity index is 1500. The molecule has 0 radical (unpaired) electrons. The Morgan fingerprint density at radius 3 is 2.49 bits per heavy atom. The van der Waals surface area contributed by atoms with Crippen LogP contribution in [0.4, 0.5) is 23.2 Å². The quantitative estimate of drug-likeness (QED) is 0.467. The molecular weight excluding hydrogens is 570 g/mol. The van der Waals surface area contributed by atoms with Gasteiger partial charge in [-0.2, -0.15) is 18.4 Å². The first-order chi connectivity index (χ1) is 20.1. The fourth-order valence-electron chi connectivity index (χ4n) is 5.79. The van der Waals surface area contributed by atoms with Crippen molar-refractivity contribution in [2.75, 3.05) is 18.9 Å². The van der Waals surface area contributed by atoms with Crippen LogP contribution in [0.2, 0.25) is 0 Å². The van der Waals surface area contributed by atoms with Gasteiger partial charge in [0.1, 0.15) is 23.9 Å². The standard InChI is InChI=1S/C30H31F4N5O4/c1-16(2)11-24(27(42)39-15-29(13-19(39)14-35)21-7-5-6-8-23(21)37-28(29)43)38(4)26(41)17(3)36-25(40)20-10-9-18(31)12-22(20)30(32,33)34/h5-10,12,16-17,19,24H,11,13,15H2,1-4H3,(H,36,40)(H,37,43)/t17-,19-,24-,29-/m0/s1. The lowest BCUT2D eigenvalue weighted by molar-refractivity contribution is -0.146. The molecule has 1 spiro atoms. The van der Waals surface area contributed by atoms with E-state index >= 15 is 0 Å². The monoisotopic (exact) mass is 601 g/mol. The molecule has 2 aliphatic rings. The minimum atomic E-state index is -5.02. The summed E-state index contributed by atoms with van der Waals surface area (Å²) in [5, 5.41) is 15.0. The number of likely N-dealkylation sites (N-methyl/N-ethyl adjacent to an activating group) is 1. The van der Waals surface area contributed by atoms with Gasteiger partial charge in [-0.05, 0) is 49.1 Å². The lowest BCUT2D eigenvalue weighted by atomic mass is 9.80. The number of fused-ring (bicyclic) bond motifs is 2. The van der Waals surface area contributed by atoms with Crippen molar-refractivity contribution in [3.8, 4) is 6.07 Å². The molecule has 13 heteroatoms. The van der Waals surface area contributed by atoms with Gasteiger partial charge in [0.15, 0.2) is 0 Å². The molecule has 4 rings (SSSR count). The summed E-state index contributed by atoms with van der Waals surface area (Å²) in [5.74, 6) is -4.19. The van der Waals surface area contributed by atoms with Crippen molar-refractivity contribution in [1.29, 1.82) is 5.26 Å². The van der Waals surface area contributed by atoms with Crippen LogP contribution in [0.3, 0.4) is 0 Å². The van der Waals surface area contributed by atoms with Gasteiger partial charge in [-0.3, -0.25) is 19.2 Å². The number of hydrogen-bond donors (Lipinski definition) is 2. The van der Waals surface area contributed by atoms with Gasteiger partial charge < -0.3 is 20.4 Å². The normalized spacial score (nSPS) is 20.8. The Kier molecular flexibility index (Phi) is 8.53. The van der Waals surface area contributed by atoms with E-state index in [1.54, 1.807) is 24.3 Å². The molecule has 4 atom stereocenters. The summed E-state index contributed by atoms with van der Waals surface area (Å²) < 4.78 is 53.8. The number of benzene rings is 2. The third-order valence-corrected chi connectivity index (χ3v) is 7.96. The van der Waals surface area contributed by atoms with Crippen LogP contribution in [0.25, 0.3) is 0 Å². The summed E-state index contributed by atoms with van der Waals surface area (Å²) in [6.07, 6.45) is -4.78. The van der Waals surface area contributed by atoms with Crippen molar-refractivity contribution in [3.05, 3.63) is 65.0 Å². The van der Waals surface area contributed by atoms with Crippen molar-refractivity contribution in [1.82, 2.24) is 15.1 Å². The highest BCUT2D eigenvalue weighted by molar-refractivity contribution is 6.07. The van der Waals surface area contributed by atoms with E-state index in [1.165, 1.54) is 18.9 Å². The zero-order valence-electron chi connectivity index (χ0n) is 24.0. The summed E-state index contributed by atoms with van der Waals surface area (Å²) in [4.78, 5) is 55.7. The zero-order chi connectivity index (χ0) is 31.9. The third-order valence-electron chi connectivity index (χ3n) is 7.96. The molecular formula is C30H31F4N5O4. The first-order valence-electron chi connectivity index (χ1n) is 13.7. The van der Waals surface area contributed by atoms with Crippen molar-refractivity contribution >= 4 is 29.3 Å². The predicted molar refractivity (Wildman–Crippen MR) is 147 cm³/mol. The minimum absolute atomic E-state index is 0.0653. The van der Waals surface area contributed by atoms with E-state index in [0.717, 1.165) is 4.90 Å². The van der Waals surface area contributed by atoms with E-state index in [2.05, 4.69) is 16.7 Å². The van der Waals surface area contributed by atoms with Crippen LogP contribution in [0.1, 0.15) is 55.1 Å². The number of anilines is 1. The second kappa shape index (κ2) is 11.7. The van der Waals surface area contributed by atoms with E-state index in [4.69, 9.17) is 0 Å². The Morgan fingerprint density at radius 1 is 1.19 bits per heavy atom. The molecule has 0 aliphatic carbocycles. The fraction of sp³-hybridized carbons (Fsp3) is 0.433. The van der Waals surface area contributed by atoms with Gasteiger partial charge in [0, 0.05) is 25.7 Å². The third kappa shape index (κ3) is 5.91. The Morgan fingerprint density at radius 2 is 1.86 bits per heavy atom. The number of nitriles is 1. The largest absolute Gasteiger partial charge is 0.417 e. The van der Waals surface area contributed by atoms with Gasteiger partial charge in [0.25, 0.3) is 5.91 Å². The van der Waals surface area contributed by atoms with Crippen LogP contribution in [0.5, 0.6) is 0 Å². The molecule has 0 unspecified atom stereocenters. The molecule has 2 aromatic carbocycles. The molecule has 4 amide bonds. The molecule has 0 saturated carbocycles. The topological polar surface area (TPSA) is 123 Å². The summed E-state index contributed by atoms with van der Waals surface area (Å²) in [6, 6.07) is 7.30. The Balaban J connectivity index is 1.57. The van der Waals surface area contributed by atoms with Crippen molar-refractivity contribution in [2.24, 2.45) is 5.92 Å². The van der Waals surface area contributed by atoms with Gasteiger partial charge in [0.2, 0.25) is 17.7 Å². The van der Waals surface area contributed by atoms with E-state index < -0.39 is 64.4 Å². The minimum Gasteiger partial charge on any atom is -0.341 e. The second-order valence-corrected chi connectivity index (χ2v) is 11.4. The van der Waals surface area contributed by atoms with Gasteiger partial charge in [-0.1, -0.05) is 32.0 Å². The molecule has 228 valence electrons. The average Bonchev–Trinajstić information content (AvgIpc) is 3.47. The fourth-order valence-corrected chi connectivity index (χ4v) is 5.79. The smallest absolute Gasteiger partial charge is 0.341 e. The number of carbonyl (C=O) groups excluding carboxylic acids is 4. The number of rotatable bonds is 7. The molecule has 1 saturated heterocycles. The van der Waals surface area contributed by atoms with Crippen LogP contribution < -0.4 is 10.6 Å². The lowest BCUT2D eigenvalue weighted by Gasteiger charge is -2.34. The summed E-state index contributed by atoms with van der Waals surface area (Å²) in [5.41, 5.74) is -2.21. The van der Waals surface area contributed by atoms with Crippen molar-refractivity contribution in [3.63, 3.8) is 0 Å². The van der Waals surface area contributed by atoms with Crippen molar-refractivity contribution < 1.29 is 36.7 Å². The molecule has 0 aromatic heterocycles. The summed E-state index contributed by atoms with van der Waals surface area (Å²) >= 11 is 0. The number of likely N-dealkylation sites (tertiary alicyclic amines) is 1. The first-order valence-corrected chi connectivity index (χ1v) is 13.7. The maximum absolute atomic E-state index is 14.0. The van der Waals surface area contributed by atoms with Crippen molar-refractivity contribution in [2.45, 2.75) is 63.3 Å². The average molecular weight is 602 g/mol. The van der Waals surface area contributed by atoms with Gasteiger partial charge in [-0.25, -0.2) is 4.39 Å². The molecule has 43 heavy (non-hydrogen) atoms. The van der Waals surface area contributed by atoms with E-state index in [-0.39, 0.29) is 37.3 Å². The Hall–Kier alpha value is -4.47. The van der Waals surface area contributed by atoms with Crippen LogP contribution >= 0.6 is 0 Å². The number of para-hydroxylation sites is 1. The highest BCUT2D eigenvalue weighted by Gasteiger charge is 2.56. The first kappa shape index (κ1) is 31.5. The van der Waals surface area contributed by atoms with Gasteiger partial charge in [-0.15, -0.1) is 0 Å². The molecule has 9 nitrogen and oxygen atoms in total. The van der Waals surface area contributed by atoms with Gasteiger partial charge in [0.05, 0.1) is 22.6 Å². The second-order valence-electron chi connectivity index (χ2n) is 11.4. The predicted octanol–water partition coefficient (Wildman–Crippen LogP) is 3.85.